The largest absolute Gasteiger partial charge is 0.573 e. The molecule has 1 saturated heterocycles. The lowest BCUT2D eigenvalue weighted by atomic mass is 10.1. The minimum absolute atomic E-state index is 0.275. The van der Waals surface area contributed by atoms with Crippen LogP contribution in [0, 0.1) is 0 Å². The third-order valence-electron chi connectivity index (χ3n) is 5.91. The minimum atomic E-state index is -4.79. The molecule has 1 N–H and O–H groups in total. The van der Waals surface area contributed by atoms with Gasteiger partial charge in [-0.05, 0) is 32.0 Å². The lowest BCUT2D eigenvalue weighted by Crippen LogP contribution is -2.30. The predicted molar refractivity (Wildman–Crippen MR) is 120 cm³/mol. The summed E-state index contributed by atoms with van der Waals surface area (Å²) in [6, 6.07) is 5.57. The van der Waals surface area contributed by atoms with Gasteiger partial charge in [0.15, 0.2) is 17.4 Å². The Hall–Kier alpha value is -3.54. The van der Waals surface area contributed by atoms with Gasteiger partial charge in [-0.1, -0.05) is 17.7 Å². The third-order valence-corrected chi connectivity index (χ3v) is 5.91. The summed E-state index contributed by atoms with van der Waals surface area (Å²) in [5, 5.41) is 16.5. The maximum Gasteiger partial charge on any atom is 0.573 e. The van der Waals surface area contributed by atoms with Gasteiger partial charge in [0, 0.05) is 31.9 Å². The van der Waals surface area contributed by atoms with Gasteiger partial charge >= 0.3 is 6.36 Å². The van der Waals surface area contributed by atoms with E-state index in [9.17, 15) is 13.2 Å². The first-order valence-electron chi connectivity index (χ1n) is 10.9. The van der Waals surface area contributed by atoms with Crippen molar-refractivity contribution in [2.45, 2.75) is 19.2 Å². The summed E-state index contributed by atoms with van der Waals surface area (Å²) >= 11 is 0. The molecule has 9 nitrogen and oxygen atoms in total. The SMILES string of the molecule is CN1CCC(=CNc2nn3c(-c4cccc(OC(F)(F)F)c4)nnc3c3c2N(C)CCO3)CC1. The van der Waals surface area contributed by atoms with Crippen molar-refractivity contribution < 1.29 is 22.6 Å². The van der Waals surface area contributed by atoms with Crippen molar-refractivity contribution in [3.63, 3.8) is 0 Å². The topological polar surface area (TPSA) is 80.0 Å². The smallest absolute Gasteiger partial charge is 0.486 e. The molecule has 0 atom stereocenters. The predicted octanol–water partition coefficient (Wildman–Crippen LogP) is 3.54. The second kappa shape index (κ2) is 8.67. The zero-order chi connectivity index (χ0) is 23.9. The Kier molecular flexibility index (Phi) is 5.68. The number of rotatable bonds is 4. The molecule has 0 saturated carbocycles. The normalized spacial score (nSPS) is 16.9. The molecule has 1 fully saturated rings. The van der Waals surface area contributed by atoms with Crippen molar-refractivity contribution in [1.82, 2.24) is 24.7 Å². The van der Waals surface area contributed by atoms with Crippen LogP contribution in [0.3, 0.4) is 0 Å². The Bertz CT molecular complexity index is 1230. The number of ether oxygens (including phenoxy) is 2. The second-order valence-corrected chi connectivity index (χ2v) is 8.38. The van der Waals surface area contributed by atoms with Gasteiger partial charge in [-0.3, -0.25) is 0 Å². The number of hydrogen-bond donors (Lipinski definition) is 1. The zero-order valence-corrected chi connectivity index (χ0v) is 18.8. The first-order chi connectivity index (χ1) is 16.3. The van der Waals surface area contributed by atoms with Crippen LogP contribution in [0.15, 0.2) is 36.0 Å². The Labute approximate surface area is 193 Å². The second-order valence-electron chi connectivity index (χ2n) is 8.38. The van der Waals surface area contributed by atoms with E-state index in [1.165, 1.54) is 28.3 Å². The molecule has 0 aliphatic carbocycles. The lowest BCUT2D eigenvalue weighted by Gasteiger charge is -2.29. The summed E-state index contributed by atoms with van der Waals surface area (Å²) in [6.45, 7) is 3.13. The van der Waals surface area contributed by atoms with Gasteiger partial charge in [-0.15, -0.1) is 28.5 Å². The van der Waals surface area contributed by atoms with Crippen LogP contribution in [-0.2, 0) is 0 Å². The quantitative estimate of drug-likeness (QED) is 0.614. The highest BCUT2D eigenvalue weighted by molar-refractivity contribution is 5.82. The molecule has 3 aromatic rings. The highest BCUT2D eigenvalue weighted by Crippen LogP contribution is 2.40. The molecule has 0 unspecified atom stereocenters. The van der Waals surface area contributed by atoms with E-state index in [1.54, 1.807) is 6.07 Å². The number of alkyl halides is 3. The molecule has 2 aromatic heterocycles. The van der Waals surface area contributed by atoms with E-state index in [-0.39, 0.29) is 11.6 Å². The summed E-state index contributed by atoms with van der Waals surface area (Å²) in [7, 11) is 4.05. The standard InChI is InChI=1S/C22H24F3N7O2/c1-30-8-6-14(7-9-30)13-26-19-17-18(33-11-10-31(17)2)21-28-27-20(32(21)29-19)15-4-3-5-16(12-15)34-22(23,24)25/h3-5,12-13H,6-11H2,1-2H3,(H,26,29). The number of hydrogen-bond acceptors (Lipinski definition) is 8. The molecule has 12 heteroatoms. The number of fused-ring (bicyclic) bond motifs is 3. The highest BCUT2D eigenvalue weighted by Gasteiger charge is 2.31. The Morgan fingerprint density at radius 1 is 1.12 bits per heavy atom. The van der Waals surface area contributed by atoms with Crippen molar-refractivity contribution in [3.8, 4) is 22.9 Å². The van der Waals surface area contributed by atoms with Crippen LogP contribution in [0.1, 0.15) is 12.8 Å². The van der Waals surface area contributed by atoms with Gasteiger partial charge in [0.1, 0.15) is 18.0 Å². The van der Waals surface area contributed by atoms with Crippen molar-refractivity contribution >= 4 is 17.2 Å². The van der Waals surface area contributed by atoms with Crippen LogP contribution in [-0.4, -0.2) is 71.4 Å². The van der Waals surface area contributed by atoms with E-state index in [0.29, 0.717) is 35.9 Å². The number of piperidine rings is 1. The van der Waals surface area contributed by atoms with Crippen LogP contribution in [0.5, 0.6) is 11.5 Å². The number of likely N-dealkylation sites (N-methyl/N-ethyl adjacent to an activating group) is 1. The van der Waals surface area contributed by atoms with E-state index >= 15 is 0 Å². The highest BCUT2D eigenvalue weighted by atomic mass is 19.4. The Morgan fingerprint density at radius 3 is 2.68 bits per heavy atom. The van der Waals surface area contributed by atoms with E-state index in [2.05, 4.69) is 32.2 Å². The third kappa shape index (κ3) is 4.45. The van der Waals surface area contributed by atoms with E-state index < -0.39 is 6.36 Å². The molecule has 0 bridgehead atoms. The van der Waals surface area contributed by atoms with Gasteiger partial charge in [0.05, 0.1) is 6.54 Å². The van der Waals surface area contributed by atoms with Crippen molar-refractivity contribution in [2.24, 2.45) is 0 Å². The lowest BCUT2D eigenvalue weighted by molar-refractivity contribution is -0.274. The molecule has 0 radical (unpaired) electrons. The molecule has 0 amide bonds. The number of benzene rings is 1. The van der Waals surface area contributed by atoms with E-state index in [4.69, 9.17) is 9.84 Å². The van der Waals surface area contributed by atoms with Gasteiger partial charge in [-0.2, -0.15) is 4.52 Å². The fraction of sp³-hybridized carbons (Fsp3) is 0.409. The van der Waals surface area contributed by atoms with Crippen LogP contribution in [0.4, 0.5) is 24.7 Å². The summed E-state index contributed by atoms with van der Waals surface area (Å²) in [5.74, 6) is 1.01. The Morgan fingerprint density at radius 2 is 1.91 bits per heavy atom. The molecule has 2 aliphatic rings. The summed E-state index contributed by atoms with van der Waals surface area (Å²) in [5.41, 5.74) is 2.81. The van der Waals surface area contributed by atoms with E-state index in [0.717, 1.165) is 31.6 Å². The average molecular weight is 475 g/mol. The number of anilines is 2. The molecule has 5 rings (SSSR count). The van der Waals surface area contributed by atoms with Crippen molar-refractivity contribution in [3.05, 3.63) is 36.0 Å². The summed E-state index contributed by atoms with van der Waals surface area (Å²) in [4.78, 5) is 4.32. The molecule has 4 heterocycles. The molecule has 180 valence electrons. The van der Waals surface area contributed by atoms with Gasteiger partial charge < -0.3 is 24.6 Å². The van der Waals surface area contributed by atoms with Crippen molar-refractivity contribution in [2.75, 3.05) is 50.6 Å². The van der Waals surface area contributed by atoms with E-state index in [1.807, 2.05) is 18.1 Å². The summed E-state index contributed by atoms with van der Waals surface area (Å²) < 4.78 is 49.6. The van der Waals surface area contributed by atoms with Gasteiger partial charge in [-0.25, -0.2) is 0 Å². The summed E-state index contributed by atoms with van der Waals surface area (Å²) in [6.07, 6.45) is -0.889. The number of likely N-dealkylation sites (tertiary alicyclic amines) is 1. The molecular formula is C22H24F3N7O2. The fourth-order valence-corrected chi connectivity index (χ4v) is 4.09. The van der Waals surface area contributed by atoms with Crippen LogP contribution < -0.4 is 19.7 Å². The maximum absolute atomic E-state index is 12.7. The average Bonchev–Trinajstić information content (AvgIpc) is 3.22. The first kappa shape index (κ1) is 22.3. The number of halogens is 3. The van der Waals surface area contributed by atoms with Gasteiger partial charge in [0.25, 0.3) is 0 Å². The number of nitrogens with zero attached hydrogens (tertiary/aromatic N) is 6. The minimum Gasteiger partial charge on any atom is -0.486 e. The van der Waals surface area contributed by atoms with Crippen molar-refractivity contribution in [1.29, 1.82) is 0 Å². The van der Waals surface area contributed by atoms with Crippen LogP contribution >= 0.6 is 0 Å². The molecule has 34 heavy (non-hydrogen) atoms. The molecule has 2 aliphatic heterocycles. The zero-order valence-electron chi connectivity index (χ0n) is 18.8. The number of aromatic nitrogens is 4. The first-order valence-corrected chi connectivity index (χ1v) is 10.9. The van der Waals surface area contributed by atoms with Crippen LogP contribution in [0.25, 0.3) is 17.0 Å². The van der Waals surface area contributed by atoms with Crippen LogP contribution in [0.2, 0.25) is 0 Å². The molecule has 1 aromatic carbocycles. The molecular weight excluding hydrogens is 451 g/mol. The maximum atomic E-state index is 12.7. The number of nitrogens with one attached hydrogen (secondary N) is 1. The Balaban J connectivity index is 1.57. The monoisotopic (exact) mass is 475 g/mol. The van der Waals surface area contributed by atoms with Gasteiger partial charge in [0.2, 0.25) is 5.65 Å². The fourth-order valence-electron chi connectivity index (χ4n) is 4.09. The molecule has 0 spiro atoms.